The van der Waals surface area contributed by atoms with Crippen molar-refractivity contribution in [3.63, 3.8) is 0 Å². The number of hydrogen-bond acceptors (Lipinski definition) is 4. The molecule has 0 spiro atoms. The molecule has 0 bridgehead atoms. The van der Waals surface area contributed by atoms with Gasteiger partial charge in [0, 0.05) is 16.9 Å². The minimum Gasteiger partial charge on any atom is -0.496 e. The van der Waals surface area contributed by atoms with E-state index >= 15 is 0 Å². The average molecular weight is 417 g/mol. The summed E-state index contributed by atoms with van der Waals surface area (Å²) in [6.45, 7) is 4.60. The Kier molecular flexibility index (Phi) is 6.21. The molecule has 0 saturated carbocycles. The first kappa shape index (κ1) is 20.2. The van der Waals surface area contributed by atoms with E-state index in [1.165, 1.54) is 18.4 Å². The molecule has 0 aliphatic rings. The number of carbonyl (C=O) groups is 1. The molecule has 3 rings (SSSR count). The first-order chi connectivity index (χ1) is 13.4. The Bertz CT molecular complexity index is 1070. The lowest BCUT2D eigenvalue weighted by Crippen LogP contribution is -2.14. The molecule has 3 aromatic rings. The summed E-state index contributed by atoms with van der Waals surface area (Å²) in [4.78, 5) is 18.7. The van der Waals surface area contributed by atoms with Gasteiger partial charge in [-0.25, -0.2) is 0 Å². The van der Waals surface area contributed by atoms with Crippen LogP contribution in [0.5, 0.6) is 11.5 Å². The Hall–Kier alpha value is -2.57. The maximum atomic E-state index is 12.7. The fourth-order valence-corrected chi connectivity index (χ4v) is 4.10. The number of thiazole rings is 1. The van der Waals surface area contributed by atoms with Crippen LogP contribution >= 0.6 is 22.9 Å². The smallest absolute Gasteiger partial charge is 0.283 e. The van der Waals surface area contributed by atoms with Crippen molar-refractivity contribution in [2.45, 2.75) is 13.8 Å². The highest BCUT2D eigenvalue weighted by molar-refractivity contribution is 7.09. The van der Waals surface area contributed by atoms with Crippen LogP contribution in [0.25, 0.3) is 11.3 Å². The largest absolute Gasteiger partial charge is 0.496 e. The summed E-state index contributed by atoms with van der Waals surface area (Å²) in [5.41, 5.74) is 2.38. The van der Waals surface area contributed by atoms with E-state index in [4.69, 9.17) is 21.1 Å². The maximum absolute atomic E-state index is 12.7. The number of methoxy groups -OCH3 is 1. The molecule has 0 unspecified atom stereocenters. The second-order valence-electron chi connectivity index (χ2n) is 6.07. The van der Waals surface area contributed by atoms with E-state index < -0.39 is 5.91 Å². The summed E-state index contributed by atoms with van der Waals surface area (Å²) in [5.74, 6) is 0.880. The van der Waals surface area contributed by atoms with Crippen molar-refractivity contribution < 1.29 is 14.3 Å². The van der Waals surface area contributed by atoms with Crippen LogP contribution in [-0.4, -0.2) is 24.2 Å². The number of aryl methyl sites for hydroxylation is 1. The standard InChI is InChI=1S/C21H21ClN2O3S/c1-5-27-16-9-6-14(7-10-16)19-13(2)28-21(24(19)3)23-20(25)17-12-15(22)8-11-18(17)26-4/h6-12H,5H2,1-4H3. The fraction of sp³-hybridized carbons (Fsp3) is 0.238. The van der Waals surface area contributed by atoms with Gasteiger partial charge in [0.2, 0.25) is 0 Å². The van der Waals surface area contributed by atoms with Crippen molar-refractivity contribution >= 4 is 28.8 Å². The number of halogens is 1. The number of benzene rings is 2. The third-order valence-electron chi connectivity index (χ3n) is 4.23. The maximum Gasteiger partial charge on any atom is 0.283 e. The predicted molar refractivity (Wildman–Crippen MR) is 113 cm³/mol. The molecule has 5 nitrogen and oxygen atoms in total. The third kappa shape index (κ3) is 4.13. The fourth-order valence-electron chi connectivity index (χ4n) is 2.95. The molecule has 1 amide bonds. The summed E-state index contributed by atoms with van der Waals surface area (Å²) in [6.07, 6.45) is 0. The van der Waals surface area contributed by atoms with Crippen LogP contribution in [-0.2, 0) is 7.05 Å². The highest BCUT2D eigenvalue weighted by Crippen LogP contribution is 2.27. The summed E-state index contributed by atoms with van der Waals surface area (Å²) in [6, 6.07) is 12.8. The van der Waals surface area contributed by atoms with Crippen molar-refractivity contribution in [2.24, 2.45) is 12.0 Å². The summed E-state index contributed by atoms with van der Waals surface area (Å²) < 4.78 is 12.7. The summed E-state index contributed by atoms with van der Waals surface area (Å²) in [7, 11) is 3.41. The van der Waals surface area contributed by atoms with Gasteiger partial charge in [-0.1, -0.05) is 11.6 Å². The van der Waals surface area contributed by atoms with Gasteiger partial charge in [-0.2, -0.15) is 4.99 Å². The zero-order valence-corrected chi connectivity index (χ0v) is 17.7. The van der Waals surface area contributed by atoms with Crippen LogP contribution in [0.15, 0.2) is 47.5 Å². The minimum absolute atomic E-state index is 0.337. The number of aromatic nitrogens is 1. The highest BCUT2D eigenvalue weighted by Gasteiger charge is 2.15. The molecule has 0 radical (unpaired) electrons. The molecule has 0 aliphatic heterocycles. The lowest BCUT2D eigenvalue weighted by molar-refractivity contribution is 0.0995. The van der Waals surface area contributed by atoms with Crippen molar-refractivity contribution in [3.8, 4) is 22.8 Å². The van der Waals surface area contributed by atoms with E-state index in [1.807, 2.05) is 49.7 Å². The van der Waals surface area contributed by atoms with Gasteiger partial charge < -0.3 is 14.0 Å². The third-order valence-corrected chi connectivity index (χ3v) is 5.51. The van der Waals surface area contributed by atoms with E-state index in [9.17, 15) is 4.79 Å². The molecule has 1 aromatic heterocycles. The number of rotatable bonds is 5. The van der Waals surface area contributed by atoms with Gasteiger partial charge in [0.15, 0.2) is 4.80 Å². The Labute approximate surface area is 172 Å². The van der Waals surface area contributed by atoms with Gasteiger partial charge in [-0.05, 0) is 61.9 Å². The molecule has 28 heavy (non-hydrogen) atoms. The second-order valence-corrected chi connectivity index (χ2v) is 7.69. The van der Waals surface area contributed by atoms with Crippen molar-refractivity contribution in [1.82, 2.24) is 4.57 Å². The van der Waals surface area contributed by atoms with Gasteiger partial charge in [-0.15, -0.1) is 11.3 Å². The zero-order valence-electron chi connectivity index (χ0n) is 16.2. The van der Waals surface area contributed by atoms with Crippen LogP contribution in [0.4, 0.5) is 0 Å². The van der Waals surface area contributed by atoms with E-state index in [2.05, 4.69) is 4.99 Å². The molecule has 0 fully saturated rings. The molecular weight excluding hydrogens is 396 g/mol. The molecule has 0 atom stereocenters. The van der Waals surface area contributed by atoms with Crippen molar-refractivity contribution in [1.29, 1.82) is 0 Å². The number of amides is 1. The number of ether oxygens (including phenoxy) is 2. The topological polar surface area (TPSA) is 52.8 Å². The molecular formula is C21H21ClN2O3S. The van der Waals surface area contributed by atoms with Crippen LogP contribution in [0.1, 0.15) is 22.2 Å². The molecule has 0 N–H and O–H groups in total. The highest BCUT2D eigenvalue weighted by atomic mass is 35.5. The molecule has 7 heteroatoms. The number of hydrogen-bond donors (Lipinski definition) is 0. The van der Waals surface area contributed by atoms with Crippen LogP contribution in [0, 0.1) is 6.92 Å². The first-order valence-electron chi connectivity index (χ1n) is 8.76. The quantitative estimate of drug-likeness (QED) is 0.596. The molecule has 0 aliphatic carbocycles. The minimum atomic E-state index is -0.394. The zero-order chi connectivity index (χ0) is 20.3. The van der Waals surface area contributed by atoms with E-state index in [-0.39, 0.29) is 0 Å². The monoisotopic (exact) mass is 416 g/mol. The number of nitrogens with zero attached hydrogens (tertiary/aromatic N) is 2. The first-order valence-corrected chi connectivity index (χ1v) is 9.96. The van der Waals surface area contributed by atoms with Crippen molar-refractivity contribution in [2.75, 3.05) is 13.7 Å². The Morgan fingerprint density at radius 3 is 2.57 bits per heavy atom. The van der Waals surface area contributed by atoms with Gasteiger partial charge in [0.25, 0.3) is 5.91 Å². The van der Waals surface area contributed by atoms with Gasteiger partial charge in [0.05, 0.1) is 25.0 Å². The molecule has 0 saturated heterocycles. The lowest BCUT2D eigenvalue weighted by Gasteiger charge is -2.07. The van der Waals surface area contributed by atoms with Crippen LogP contribution < -0.4 is 14.3 Å². The lowest BCUT2D eigenvalue weighted by atomic mass is 10.1. The average Bonchev–Trinajstić information content (AvgIpc) is 2.96. The summed E-state index contributed by atoms with van der Waals surface area (Å²) in [5, 5.41) is 0.459. The second kappa shape index (κ2) is 8.63. The predicted octanol–water partition coefficient (Wildman–Crippen LogP) is 4.86. The Morgan fingerprint density at radius 2 is 1.93 bits per heavy atom. The Morgan fingerprint density at radius 1 is 1.21 bits per heavy atom. The SMILES string of the molecule is CCOc1ccc(-c2c(C)sc(=NC(=O)c3cc(Cl)ccc3OC)n2C)cc1. The van der Waals surface area contributed by atoms with Gasteiger partial charge in [0.1, 0.15) is 11.5 Å². The van der Waals surface area contributed by atoms with Gasteiger partial charge >= 0.3 is 0 Å². The number of carbonyl (C=O) groups excluding carboxylic acids is 1. The van der Waals surface area contributed by atoms with E-state index in [1.54, 1.807) is 18.2 Å². The molecule has 146 valence electrons. The normalized spacial score (nSPS) is 11.5. The summed E-state index contributed by atoms with van der Waals surface area (Å²) >= 11 is 7.50. The van der Waals surface area contributed by atoms with E-state index in [0.717, 1.165) is 21.9 Å². The van der Waals surface area contributed by atoms with E-state index in [0.29, 0.717) is 27.7 Å². The molecule has 2 aromatic carbocycles. The van der Waals surface area contributed by atoms with Gasteiger partial charge in [-0.3, -0.25) is 4.79 Å². The Balaban J connectivity index is 2.02. The molecule has 1 heterocycles. The van der Waals surface area contributed by atoms with Crippen molar-refractivity contribution in [3.05, 3.63) is 62.7 Å². The van der Waals surface area contributed by atoms with Crippen LogP contribution in [0.3, 0.4) is 0 Å². The van der Waals surface area contributed by atoms with Crippen LogP contribution in [0.2, 0.25) is 5.02 Å².